The molecule has 0 radical (unpaired) electrons. The summed E-state index contributed by atoms with van der Waals surface area (Å²) in [5.41, 5.74) is 2.67. The molecule has 0 spiro atoms. The van der Waals surface area contributed by atoms with Gasteiger partial charge in [-0.1, -0.05) is 41.4 Å². The van der Waals surface area contributed by atoms with Crippen molar-refractivity contribution in [3.05, 3.63) is 32.8 Å². The highest BCUT2D eigenvalue weighted by atomic mass is 79.9. The van der Waals surface area contributed by atoms with E-state index in [2.05, 4.69) is 35.1 Å². The average Bonchev–Trinajstić information content (AvgIpc) is 2.53. The van der Waals surface area contributed by atoms with Gasteiger partial charge in [-0.15, -0.1) is 0 Å². The van der Waals surface area contributed by atoms with E-state index in [1.807, 2.05) is 12.1 Å². The predicted molar refractivity (Wildman–Crippen MR) is 68.4 cm³/mol. The molecule has 0 heterocycles. The summed E-state index contributed by atoms with van der Waals surface area (Å²) in [6, 6.07) is 4.47. The van der Waals surface area contributed by atoms with Crippen LogP contribution in [0.5, 0.6) is 0 Å². The van der Waals surface area contributed by atoms with Gasteiger partial charge in [-0.25, -0.2) is 0 Å². The first kappa shape index (κ1) is 11.4. The topological polar surface area (TPSA) is 12.0 Å². The SMILES string of the molecule is CCNC1c2c(Br)ccc(Cl)c2CC1C. The Bertz CT molecular complexity index is 378. The molecule has 0 fully saturated rings. The van der Waals surface area contributed by atoms with Crippen LogP contribution in [0, 0.1) is 5.92 Å². The molecule has 1 aromatic carbocycles. The van der Waals surface area contributed by atoms with Crippen LogP contribution in [0.25, 0.3) is 0 Å². The fourth-order valence-electron chi connectivity index (χ4n) is 2.40. The van der Waals surface area contributed by atoms with Crippen LogP contribution in [-0.2, 0) is 6.42 Å². The summed E-state index contributed by atoms with van der Waals surface area (Å²) in [7, 11) is 0. The average molecular weight is 289 g/mol. The third-order valence-electron chi connectivity index (χ3n) is 3.08. The number of hydrogen-bond acceptors (Lipinski definition) is 1. The molecule has 15 heavy (non-hydrogen) atoms. The van der Waals surface area contributed by atoms with E-state index in [1.54, 1.807) is 0 Å². The van der Waals surface area contributed by atoms with Crippen molar-refractivity contribution in [3.8, 4) is 0 Å². The van der Waals surface area contributed by atoms with Gasteiger partial charge in [-0.3, -0.25) is 0 Å². The van der Waals surface area contributed by atoms with Crippen molar-refractivity contribution in [1.82, 2.24) is 5.32 Å². The van der Waals surface area contributed by atoms with Crippen molar-refractivity contribution < 1.29 is 0 Å². The summed E-state index contributed by atoms with van der Waals surface area (Å²) in [6.45, 7) is 5.41. The Morgan fingerprint density at radius 2 is 2.27 bits per heavy atom. The zero-order chi connectivity index (χ0) is 11.0. The highest BCUT2D eigenvalue weighted by molar-refractivity contribution is 9.10. The van der Waals surface area contributed by atoms with Gasteiger partial charge in [0.1, 0.15) is 0 Å². The molecule has 0 bridgehead atoms. The quantitative estimate of drug-likeness (QED) is 0.869. The van der Waals surface area contributed by atoms with Crippen LogP contribution >= 0.6 is 27.5 Å². The lowest BCUT2D eigenvalue weighted by atomic mass is 10.0. The van der Waals surface area contributed by atoms with Gasteiger partial charge in [-0.05, 0) is 42.1 Å². The number of rotatable bonds is 2. The summed E-state index contributed by atoms with van der Waals surface area (Å²) in [5.74, 6) is 0.621. The lowest BCUT2D eigenvalue weighted by molar-refractivity contribution is 0.425. The molecule has 2 rings (SSSR count). The van der Waals surface area contributed by atoms with Crippen molar-refractivity contribution in [3.63, 3.8) is 0 Å². The maximum Gasteiger partial charge on any atom is 0.0442 e. The molecular formula is C12H15BrClN. The molecule has 0 saturated heterocycles. The van der Waals surface area contributed by atoms with Crippen LogP contribution in [-0.4, -0.2) is 6.54 Å². The smallest absolute Gasteiger partial charge is 0.0442 e. The standard InChI is InChI=1S/C12H15BrClN/c1-3-15-12-7(2)6-8-10(14)5-4-9(13)11(8)12/h4-5,7,12,15H,3,6H2,1-2H3. The van der Waals surface area contributed by atoms with E-state index < -0.39 is 0 Å². The van der Waals surface area contributed by atoms with E-state index >= 15 is 0 Å². The predicted octanol–water partition coefficient (Wildman–Crippen LogP) is 3.95. The number of nitrogens with one attached hydrogen (secondary N) is 1. The molecule has 82 valence electrons. The first-order valence-corrected chi connectivity index (χ1v) is 6.52. The highest BCUT2D eigenvalue weighted by Crippen LogP contribution is 2.43. The number of benzene rings is 1. The minimum absolute atomic E-state index is 0.443. The van der Waals surface area contributed by atoms with Gasteiger partial charge in [0, 0.05) is 15.5 Å². The fraction of sp³-hybridized carbons (Fsp3) is 0.500. The van der Waals surface area contributed by atoms with Crippen molar-refractivity contribution in [2.75, 3.05) is 6.54 Å². The third kappa shape index (κ3) is 1.95. The molecule has 1 N–H and O–H groups in total. The zero-order valence-electron chi connectivity index (χ0n) is 8.98. The Balaban J connectivity index is 2.47. The second-order valence-electron chi connectivity index (χ2n) is 4.14. The van der Waals surface area contributed by atoms with E-state index in [9.17, 15) is 0 Å². The van der Waals surface area contributed by atoms with Crippen molar-refractivity contribution in [1.29, 1.82) is 0 Å². The molecule has 1 aliphatic carbocycles. The van der Waals surface area contributed by atoms with Crippen LogP contribution < -0.4 is 5.32 Å². The normalized spacial score (nSPS) is 24.3. The fourth-order valence-corrected chi connectivity index (χ4v) is 3.26. The van der Waals surface area contributed by atoms with E-state index in [0.29, 0.717) is 12.0 Å². The maximum absolute atomic E-state index is 6.22. The second kappa shape index (κ2) is 4.44. The summed E-state index contributed by atoms with van der Waals surface area (Å²) in [4.78, 5) is 0. The first-order chi connectivity index (χ1) is 7.15. The van der Waals surface area contributed by atoms with Gasteiger partial charge in [0.15, 0.2) is 0 Å². The van der Waals surface area contributed by atoms with Gasteiger partial charge in [0.2, 0.25) is 0 Å². The van der Waals surface area contributed by atoms with Gasteiger partial charge < -0.3 is 5.32 Å². The van der Waals surface area contributed by atoms with Crippen LogP contribution in [0.3, 0.4) is 0 Å². The minimum Gasteiger partial charge on any atom is -0.310 e. The second-order valence-corrected chi connectivity index (χ2v) is 5.40. The molecule has 0 aromatic heterocycles. The molecule has 0 amide bonds. The van der Waals surface area contributed by atoms with E-state index in [1.165, 1.54) is 15.6 Å². The van der Waals surface area contributed by atoms with E-state index in [-0.39, 0.29) is 0 Å². The van der Waals surface area contributed by atoms with Crippen LogP contribution in [0.4, 0.5) is 0 Å². The number of halogens is 2. The Hall–Kier alpha value is -0.0500. The monoisotopic (exact) mass is 287 g/mol. The summed E-state index contributed by atoms with van der Waals surface area (Å²) in [5, 5.41) is 4.43. The Kier molecular flexibility index (Phi) is 3.39. The van der Waals surface area contributed by atoms with E-state index in [0.717, 1.165) is 18.0 Å². The van der Waals surface area contributed by atoms with Crippen molar-refractivity contribution in [2.24, 2.45) is 5.92 Å². The van der Waals surface area contributed by atoms with Crippen LogP contribution in [0.1, 0.15) is 31.0 Å². The zero-order valence-corrected chi connectivity index (χ0v) is 11.3. The summed E-state index contributed by atoms with van der Waals surface area (Å²) < 4.78 is 1.18. The molecule has 1 aliphatic rings. The summed E-state index contributed by atoms with van der Waals surface area (Å²) in [6.07, 6.45) is 1.07. The molecule has 2 unspecified atom stereocenters. The van der Waals surface area contributed by atoms with E-state index in [4.69, 9.17) is 11.6 Å². The highest BCUT2D eigenvalue weighted by Gasteiger charge is 2.31. The Morgan fingerprint density at radius 1 is 1.53 bits per heavy atom. The number of fused-ring (bicyclic) bond motifs is 1. The van der Waals surface area contributed by atoms with Gasteiger partial charge >= 0.3 is 0 Å². The van der Waals surface area contributed by atoms with Gasteiger partial charge in [0.25, 0.3) is 0 Å². The Labute approximate surface area is 104 Å². The Morgan fingerprint density at radius 3 is 2.93 bits per heavy atom. The molecule has 2 atom stereocenters. The third-order valence-corrected chi connectivity index (χ3v) is 4.12. The lowest BCUT2D eigenvalue weighted by Gasteiger charge is -2.18. The molecular weight excluding hydrogens is 273 g/mol. The van der Waals surface area contributed by atoms with Crippen LogP contribution in [0.2, 0.25) is 5.02 Å². The minimum atomic E-state index is 0.443. The van der Waals surface area contributed by atoms with Gasteiger partial charge in [-0.2, -0.15) is 0 Å². The molecule has 0 aliphatic heterocycles. The molecule has 1 aromatic rings. The summed E-state index contributed by atoms with van der Waals surface area (Å²) >= 11 is 9.84. The first-order valence-electron chi connectivity index (χ1n) is 5.35. The number of hydrogen-bond donors (Lipinski definition) is 1. The molecule has 1 nitrogen and oxygen atoms in total. The largest absolute Gasteiger partial charge is 0.310 e. The molecule has 0 saturated carbocycles. The lowest BCUT2D eigenvalue weighted by Crippen LogP contribution is -2.23. The van der Waals surface area contributed by atoms with Crippen molar-refractivity contribution >= 4 is 27.5 Å². The maximum atomic E-state index is 6.22. The van der Waals surface area contributed by atoms with Crippen LogP contribution in [0.15, 0.2) is 16.6 Å². The molecule has 3 heteroatoms. The van der Waals surface area contributed by atoms with Gasteiger partial charge in [0.05, 0.1) is 0 Å². The van der Waals surface area contributed by atoms with Crippen molar-refractivity contribution in [2.45, 2.75) is 26.3 Å².